The minimum atomic E-state index is -0.168. The molecule has 1 fully saturated rings. The molecule has 2 atom stereocenters. The van der Waals surface area contributed by atoms with Gasteiger partial charge < -0.3 is 9.47 Å². The molecule has 0 bridgehead atoms. The minimum absolute atomic E-state index is 0.168. The number of hydrogen-bond acceptors (Lipinski definition) is 2. The zero-order chi connectivity index (χ0) is 15.8. The van der Waals surface area contributed by atoms with Crippen LogP contribution in [0.1, 0.15) is 77.2 Å². The number of ether oxygens (including phenoxy) is 2. The van der Waals surface area contributed by atoms with Gasteiger partial charge in [-0.3, -0.25) is 0 Å². The molecule has 0 heterocycles. The number of rotatable bonds is 8. The summed E-state index contributed by atoms with van der Waals surface area (Å²) >= 11 is 0. The highest BCUT2D eigenvalue weighted by Crippen LogP contribution is 2.26. The molecular formula is C20H32O2. The molecule has 2 nitrogen and oxygen atoms in total. The van der Waals surface area contributed by atoms with Crippen molar-refractivity contribution in [2.75, 3.05) is 6.61 Å². The first-order valence-electron chi connectivity index (χ1n) is 9.07. The fourth-order valence-electron chi connectivity index (χ4n) is 3.21. The molecule has 1 aliphatic carbocycles. The van der Waals surface area contributed by atoms with Crippen molar-refractivity contribution < 1.29 is 9.47 Å². The van der Waals surface area contributed by atoms with Gasteiger partial charge in [-0.2, -0.15) is 0 Å². The van der Waals surface area contributed by atoms with Crippen LogP contribution < -0.4 is 4.74 Å². The largest absolute Gasteiger partial charge is 0.465 e. The summed E-state index contributed by atoms with van der Waals surface area (Å²) in [5.74, 6) is 2.38. The van der Waals surface area contributed by atoms with E-state index in [1.807, 2.05) is 6.92 Å². The quantitative estimate of drug-likeness (QED) is 0.556. The summed E-state index contributed by atoms with van der Waals surface area (Å²) in [4.78, 5) is 0. The van der Waals surface area contributed by atoms with Crippen molar-refractivity contribution in [2.24, 2.45) is 5.92 Å². The Hall–Kier alpha value is -1.02. The second-order valence-electron chi connectivity index (χ2n) is 6.73. The van der Waals surface area contributed by atoms with Crippen LogP contribution >= 0.6 is 0 Å². The summed E-state index contributed by atoms with van der Waals surface area (Å²) < 4.78 is 11.7. The molecule has 0 spiro atoms. The summed E-state index contributed by atoms with van der Waals surface area (Å²) in [6.45, 7) is 7.28. The van der Waals surface area contributed by atoms with E-state index < -0.39 is 0 Å². The molecule has 1 aromatic carbocycles. The SMILES string of the molecule is CCC(C)c1ccc(OC(C)OCCC2CCCCC2)cc1. The van der Waals surface area contributed by atoms with Gasteiger partial charge in [0, 0.05) is 0 Å². The van der Waals surface area contributed by atoms with Crippen molar-refractivity contribution in [1.82, 2.24) is 0 Å². The van der Waals surface area contributed by atoms with Crippen LogP contribution in [0.25, 0.3) is 0 Å². The molecule has 0 radical (unpaired) electrons. The molecule has 124 valence electrons. The van der Waals surface area contributed by atoms with Gasteiger partial charge in [0.25, 0.3) is 0 Å². The predicted octanol–water partition coefficient (Wildman–Crippen LogP) is 5.91. The third-order valence-electron chi connectivity index (χ3n) is 4.97. The summed E-state index contributed by atoms with van der Waals surface area (Å²) in [6.07, 6.45) is 9.17. The first-order chi connectivity index (χ1) is 10.7. The maximum Gasteiger partial charge on any atom is 0.196 e. The zero-order valence-electron chi connectivity index (χ0n) is 14.5. The van der Waals surface area contributed by atoms with Crippen LogP contribution in [0.5, 0.6) is 5.75 Å². The first-order valence-corrected chi connectivity index (χ1v) is 9.07. The smallest absolute Gasteiger partial charge is 0.196 e. The second-order valence-corrected chi connectivity index (χ2v) is 6.73. The number of hydrogen-bond donors (Lipinski definition) is 0. The Labute approximate surface area is 136 Å². The van der Waals surface area contributed by atoms with Gasteiger partial charge in [-0.15, -0.1) is 0 Å². The van der Waals surface area contributed by atoms with E-state index in [-0.39, 0.29) is 6.29 Å². The second kappa shape index (κ2) is 9.19. The lowest BCUT2D eigenvalue weighted by Crippen LogP contribution is -2.19. The lowest BCUT2D eigenvalue weighted by atomic mass is 9.87. The van der Waals surface area contributed by atoms with Crippen molar-refractivity contribution >= 4 is 0 Å². The Kier molecular flexibility index (Phi) is 7.24. The molecule has 2 rings (SSSR count). The van der Waals surface area contributed by atoms with Crippen LogP contribution in [0, 0.1) is 5.92 Å². The van der Waals surface area contributed by atoms with Gasteiger partial charge in [0.2, 0.25) is 0 Å². The Morgan fingerprint density at radius 2 is 1.73 bits per heavy atom. The zero-order valence-corrected chi connectivity index (χ0v) is 14.5. The van der Waals surface area contributed by atoms with Gasteiger partial charge in [-0.05, 0) is 49.3 Å². The number of benzene rings is 1. The van der Waals surface area contributed by atoms with Crippen molar-refractivity contribution in [3.8, 4) is 5.75 Å². The highest BCUT2D eigenvalue weighted by Gasteiger charge is 2.14. The lowest BCUT2D eigenvalue weighted by molar-refractivity contribution is -0.0711. The minimum Gasteiger partial charge on any atom is -0.465 e. The summed E-state index contributed by atoms with van der Waals surface area (Å²) in [6, 6.07) is 8.45. The van der Waals surface area contributed by atoms with E-state index in [0.717, 1.165) is 18.3 Å². The average Bonchev–Trinajstić information content (AvgIpc) is 2.56. The van der Waals surface area contributed by atoms with E-state index in [1.54, 1.807) is 0 Å². The van der Waals surface area contributed by atoms with E-state index in [0.29, 0.717) is 5.92 Å². The molecule has 1 aliphatic rings. The van der Waals surface area contributed by atoms with Crippen LogP contribution in [0.2, 0.25) is 0 Å². The summed E-state index contributed by atoms with van der Waals surface area (Å²) in [5.41, 5.74) is 1.38. The van der Waals surface area contributed by atoms with Crippen LogP contribution in [-0.2, 0) is 4.74 Å². The Morgan fingerprint density at radius 1 is 1.05 bits per heavy atom. The molecule has 0 N–H and O–H groups in total. The van der Waals surface area contributed by atoms with Gasteiger partial charge in [0.15, 0.2) is 6.29 Å². The van der Waals surface area contributed by atoms with Crippen molar-refractivity contribution in [2.45, 2.75) is 77.9 Å². The molecule has 1 saturated carbocycles. The van der Waals surface area contributed by atoms with Gasteiger partial charge in [0.1, 0.15) is 5.75 Å². The summed E-state index contributed by atoms with van der Waals surface area (Å²) in [7, 11) is 0. The Bertz CT molecular complexity index is 406. The van der Waals surface area contributed by atoms with Crippen LogP contribution in [0.4, 0.5) is 0 Å². The highest BCUT2D eigenvalue weighted by molar-refractivity contribution is 5.29. The fraction of sp³-hybridized carbons (Fsp3) is 0.700. The molecule has 2 unspecified atom stereocenters. The average molecular weight is 304 g/mol. The molecule has 0 saturated heterocycles. The van der Waals surface area contributed by atoms with Gasteiger partial charge >= 0.3 is 0 Å². The van der Waals surface area contributed by atoms with E-state index in [4.69, 9.17) is 9.47 Å². The molecule has 0 aliphatic heterocycles. The predicted molar refractivity (Wildman–Crippen MR) is 92.4 cm³/mol. The molecule has 0 amide bonds. The van der Waals surface area contributed by atoms with E-state index in [2.05, 4.69) is 38.1 Å². The molecule has 22 heavy (non-hydrogen) atoms. The molecule has 0 aromatic heterocycles. The molecule has 1 aromatic rings. The molecular weight excluding hydrogens is 272 g/mol. The normalized spacial score (nSPS) is 18.9. The van der Waals surface area contributed by atoms with E-state index >= 15 is 0 Å². The third-order valence-corrected chi connectivity index (χ3v) is 4.97. The van der Waals surface area contributed by atoms with Crippen molar-refractivity contribution in [3.05, 3.63) is 29.8 Å². The third kappa shape index (κ3) is 5.64. The topological polar surface area (TPSA) is 18.5 Å². The first kappa shape index (κ1) is 17.3. The maximum absolute atomic E-state index is 5.85. The van der Waals surface area contributed by atoms with Crippen LogP contribution in [-0.4, -0.2) is 12.9 Å². The van der Waals surface area contributed by atoms with E-state index in [1.165, 1.54) is 50.5 Å². The van der Waals surface area contributed by atoms with Crippen LogP contribution in [0.15, 0.2) is 24.3 Å². The fourth-order valence-corrected chi connectivity index (χ4v) is 3.21. The lowest BCUT2D eigenvalue weighted by Gasteiger charge is -2.22. The van der Waals surface area contributed by atoms with Gasteiger partial charge in [-0.1, -0.05) is 58.1 Å². The Balaban J connectivity index is 1.68. The summed E-state index contributed by atoms with van der Waals surface area (Å²) in [5, 5.41) is 0. The highest BCUT2D eigenvalue weighted by atomic mass is 16.7. The van der Waals surface area contributed by atoms with Gasteiger partial charge in [-0.25, -0.2) is 0 Å². The standard InChI is InChI=1S/C20H32O2/c1-4-16(2)19-10-12-20(13-11-19)22-17(3)21-15-14-18-8-6-5-7-9-18/h10-13,16-18H,4-9,14-15H2,1-3H3. The maximum atomic E-state index is 5.85. The van der Waals surface area contributed by atoms with Crippen molar-refractivity contribution in [3.63, 3.8) is 0 Å². The Morgan fingerprint density at radius 3 is 2.36 bits per heavy atom. The van der Waals surface area contributed by atoms with Crippen molar-refractivity contribution in [1.29, 1.82) is 0 Å². The van der Waals surface area contributed by atoms with Crippen LogP contribution in [0.3, 0.4) is 0 Å². The monoisotopic (exact) mass is 304 g/mol. The molecule has 2 heteroatoms. The van der Waals surface area contributed by atoms with Gasteiger partial charge in [0.05, 0.1) is 6.61 Å². The van der Waals surface area contributed by atoms with E-state index in [9.17, 15) is 0 Å².